The second-order valence-electron chi connectivity index (χ2n) is 5.20. The van der Waals surface area contributed by atoms with Gasteiger partial charge in [0.2, 0.25) is 0 Å². The molecule has 0 bridgehead atoms. The molecule has 2 aromatic carbocycles. The first-order valence-corrected chi connectivity index (χ1v) is 7.11. The first-order chi connectivity index (χ1) is 11.1. The van der Waals surface area contributed by atoms with Crippen LogP contribution in [0.25, 0.3) is 22.4 Å². The molecular weight excluding hydrogens is 293 g/mol. The molecule has 116 valence electrons. The van der Waals surface area contributed by atoms with Gasteiger partial charge in [0.15, 0.2) is 11.6 Å². The van der Waals surface area contributed by atoms with Crippen molar-refractivity contribution in [1.82, 2.24) is 9.97 Å². The average Bonchev–Trinajstić information content (AvgIpc) is 2.56. The minimum Gasteiger partial charge on any atom is -0.493 e. The Morgan fingerprint density at radius 1 is 0.957 bits per heavy atom. The van der Waals surface area contributed by atoms with Crippen LogP contribution in [0.5, 0.6) is 5.75 Å². The van der Waals surface area contributed by atoms with Crippen molar-refractivity contribution >= 4 is 5.82 Å². The van der Waals surface area contributed by atoms with Crippen LogP contribution in [0.3, 0.4) is 0 Å². The highest BCUT2D eigenvalue weighted by Gasteiger charge is 2.17. The van der Waals surface area contributed by atoms with Crippen LogP contribution in [0.4, 0.5) is 10.2 Å². The lowest BCUT2D eigenvalue weighted by Crippen LogP contribution is -1.98. The molecule has 0 saturated carbocycles. The third-order valence-electron chi connectivity index (χ3n) is 3.61. The molecule has 0 aliphatic rings. The van der Waals surface area contributed by atoms with E-state index >= 15 is 0 Å². The van der Waals surface area contributed by atoms with Crippen molar-refractivity contribution in [3.63, 3.8) is 0 Å². The molecule has 3 rings (SSSR count). The zero-order valence-corrected chi connectivity index (χ0v) is 12.9. The summed E-state index contributed by atoms with van der Waals surface area (Å²) in [5.41, 5.74) is 8.97. The van der Waals surface area contributed by atoms with Crippen molar-refractivity contribution in [2.75, 3.05) is 12.8 Å². The number of rotatable bonds is 3. The van der Waals surface area contributed by atoms with E-state index in [2.05, 4.69) is 9.97 Å². The summed E-state index contributed by atoms with van der Waals surface area (Å²) in [6.45, 7) is 2.00. The van der Waals surface area contributed by atoms with Crippen molar-refractivity contribution in [1.29, 1.82) is 0 Å². The molecule has 0 aliphatic heterocycles. The Morgan fingerprint density at radius 2 is 1.65 bits per heavy atom. The van der Waals surface area contributed by atoms with Gasteiger partial charge in [-0.15, -0.1) is 0 Å². The Bertz CT molecular complexity index is 830. The molecule has 2 N–H and O–H groups in total. The molecule has 0 saturated heterocycles. The molecule has 0 amide bonds. The predicted molar refractivity (Wildman–Crippen MR) is 88.6 cm³/mol. The van der Waals surface area contributed by atoms with Crippen LogP contribution in [0.15, 0.2) is 48.8 Å². The number of benzene rings is 2. The van der Waals surface area contributed by atoms with Crippen molar-refractivity contribution in [3.8, 4) is 28.1 Å². The Kier molecular flexibility index (Phi) is 3.93. The minimum absolute atomic E-state index is 0.185. The van der Waals surface area contributed by atoms with Gasteiger partial charge in [-0.3, -0.25) is 4.98 Å². The number of nitrogens with two attached hydrogens (primary N) is 1. The summed E-state index contributed by atoms with van der Waals surface area (Å²) in [7, 11) is 1.45. The molecule has 0 spiro atoms. The highest BCUT2D eigenvalue weighted by molar-refractivity contribution is 5.76. The molecule has 4 nitrogen and oxygen atoms in total. The lowest BCUT2D eigenvalue weighted by molar-refractivity contribution is 0.389. The SMILES string of the molecule is COc1c(-c2ccc(C)cc2)ccc(-c2cnc(N)cn2)c1F. The Labute approximate surface area is 133 Å². The minimum atomic E-state index is -0.468. The summed E-state index contributed by atoms with van der Waals surface area (Å²) in [4.78, 5) is 8.07. The summed E-state index contributed by atoms with van der Waals surface area (Å²) in [5.74, 6) is 0.00650. The van der Waals surface area contributed by atoms with Gasteiger partial charge < -0.3 is 10.5 Å². The lowest BCUT2D eigenvalue weighted by atomic mass is 10.00. The van der Waals surface area contributed by atoms with Crippen LogP contribution in [0.2, 0.25) is 0 Å². The number of aromatic nitrogens is 2. The first kappa shape index (κ1) is 15.0. The number of methoxy groups -OCH3 is 1. The van der Waals surface area contributed by atoms with Gasteiger partial charge >= 0.3 is 0 Å². The van der Waals surface area contributed by atoms with Crippen LogP contribution in [0, 0.1) is 12.7 Å². The van der Waals surface area contributed by atoms with Gasteiger partial charge in [0.05, 0.1) is 25.2 Å². The van der Waals surface area contributed by atoms with Gasteiger partial charge in [-0.1, -0.05) is 29.8 Å². The summed E-state index contributed by atoms with van der Waals surface area (Å²) in [5, 5.41) is 0. The van der Waals surface area contributed by atoms with Gasteiger partial charge in [0, 0.05) is 11.1 Å². The number of halogens is 1. The van der Waals surface area contributed by atoms with E-state index < -0.39 is 5.82 Å². The topological polar surface area (TPSA) is 61.0 Å². The monoisotopic (exact) mass is 309 g/mol. The maximum Gasteiger partial charge on any atom is 0.175 e. The van der Waals surface area contributed by atoms with Crippen molar-refractivity contribution in [2.24, 2.45) is 0 Å². The number of ether oxygens (including phenoxy) is 1. The van der Waals surface area contributed by atoms with Crippen LogP contribution in [-0.2, 0) is 0 Å². The number of aryl methyl sites for hydroxylation is 1. The number of nitrogen functional groups attached to an aromatic ring is 1. The third kappa shape index (κ3) is 2.85. The van der Waals surface area contributed by atoms with Crippen LogP contribution >= 0.6 is 0 Å². The summed E-state index contributed by atoms with van der Waals surface area (Å²) in [6.07, 6.45) is 2.84. The zero-order valence-electron chi connectivity index (χ0n) is 12.9. The highest BCUT2D eigenvalue weighted by Crippen LogP contribution is 2.37. The van der Waals surface area contributed by atoms with Crippen LogP contribution < -0.4 is 10.5 Å². The molecular formula is C18H16FN3O. The molecule has 5 heteroatoms. The second kappa shape index (κ2) is 6.04. The summed E-state index contributed by atoms with van der Waals surface area (Å²) < 4.78 is 20.2. The van der Waals surface area contributed by atoms with Gasteiger partial charge in [-0.25, -0.2) is 9.37 Å². The molecule has 0 fully saturated rings. The Morgan fingerprint density at radius 3 is 2.26 bits per heavy atom. The fourth-order valence-electron chi connectivity index (χ4n) is 2.39. The first-order valence-electron chi connectivity index (χ1n) is 7.11. The van der Waals surface area contributed by atoms with E-state index in [1.54, 1.807) is 6.07 Å². The van der Waals surface area contributed by atoms with E-state index in [1.807, 2.05) is 37.3 Å². The third-order valence-corrected chi connectivity index (χ3v) is 3.61. The molecule has 0 radical (unpaired) electrons. The fourth-order valence-corrected chi connectivity index (χ4v) is 2.39. The molecule has 1 aromatic heterocycles. The van der Waals surface area contributed by atoms with Gasteiger partial charge in [-0.2, -0.15) is 0 Å². The van der Waals surface area contributed by atoms with Crippen molar-refractivity contribution in [3.05, 3.63) is 60.2 Å². The fraction of sp³-hybridized carbons (Fsp3) is 0.111. The quantitative estimate of drug-likeness (QED) is 0.798. The molecule has 0 atom stereocenters. The molecule has 23 heavy (non-hydrogen) atoms. The molecule has 3 aromatic rings. The van der Waals surface area contributed by atoms with E-state index in [0.29, 0.717) is 16.8 Å². The maximum atomic E-state index is 14.9. The zero-order chi connectivity index (χ0) is 16.4. The van der Waals surface area contributed by atoms with Crippen LogP contribution in [0.1, 0.15) is 5.56 Å². The van der Waals surface area contributed by atoms with Crippen molar-refractivity contribution < 1.29 is 9.13 Å². The molecule has 0 unspecified atom stereocenters. The number of anilines is 1. The van der Waals surface area contributed by atoms with Crippen LogP contribution in [-0.4, -0.2) is 17.1 Å². The average molecular weight is 309 g/mol. The highest BCUT2D eigenvalue weighted by atomic mass is 19.1. The summed E-state index contributed by atoms with van der Waals surface area (Å²) >= 11 is 0. The Balaban J connectivity index is 2.13. The molecule has 0 aliphatic carbocycles. The van der Waals surface area contributed by atoms with Gasteiger partial charge in [-0.05, 0) is 24.6 Å². The number of hydrogen-bond donors (Lipinski definition) is 1. The van der Waals surface area contributed by atoms with E-state index in [-0.39, 0.29) is 11.6 Å². The Hall–Kier alpha value is -2.95. The smallest absolute Gasteiger partial charge is 0.175 e. The van der Waals surface area contributed by atoms with Gasteiger partial charge in [0.1, 0.15) is 5.82 Å². The van der Waals surface area contributed by atoms with E-state index in [4.69, 9.17) is 10.5 Å². The number of hydrogen-bond acceptors (Lipinski definition) is 4. The maximum absolute atomic E-state index is 14.9. The predicted octanol–water partition coefficient (Wildman–Crippen LogP) is 3.85. The summed E-state index contributed by atoms with van der Waals surface area (Å²) in [6, 6.07) is 11.3. The standard InChI is InChI=1S/C18H16FN3O/c1-11-3-5-12(6-4-11)13-7-8-14(17(19)18(13)23-2)15-9-22-16(20)10-21-15/h3-10H,1-2H3,(H2,20,22). The largest absolute Gasteiger partial charge is 0.493 e. The molecule has 1 heterocycles. The van der Waals surface area contributed by atoms with E-state index in [9.17, 15) is 4.39 Å². The van der Waals surface area contributed by atoms with E-state index in [0.717, 1.165) is 11.1 Å². The van der Waals surface area contributed by atoms with E-state index in [1.165, 1.54) is 19.5 Å². The lowest BCUT2D eigenvalue weighted by Gasteiger charge is -2.13. The second-order valence-corrected chi connectivity index (χ2v) is 5.20. The normalized spacial score (nSPS) is 10.6. The van der Waals surface area contributed by atoms with Gasteiger partial charge in [0.25, 0.3) is 0 Å². The number of nitrogens with zero attached hydrogens (tertiary/aromatic N) is 2. The van der Waals surface area contributed by atoms with Crippen molar-refractivity contribution in [2.45, 2.75) is 6.92 Å².